The van der Waals surface area contributed by atoms with E-state index in [1.54, 1.807) is 35.9 Å². The summed E-state index contributed by atoms with van der Waals surface area (Å²) in [6, 6.07) is 6.99. The molecule has 0 aliphatic rings. The quantitative estimate of drug-likeness (QED) is 0.485. The Morgan fingerprint density at radius 2 is 2.17 bits per heavy atom. The molecule has 0 aliphatic heterocycles. The summed E-state index contributed by atoms with van der Waals surface area (Å²) in [5.41, 5.74) is 1.13. The number of carbonyl (C=O) groups excluding carboxylic acids is 1. The molecule has 18 heavy (non-hydrogen) atoms. The number of benzene rings is 1. The van der Waals surface area contributed by atoms with E-state index in [-0.39, 0.29) is 0 Å². The predicted molar refractivity (Wildman–Crippen MR) is 67.7 cm³/mol. The van der Waals surface area contributed by atoms with E-state index < -0.39 is 5.97 Å². The summed E-state index contributed by atoms with van der Waals surface area (Å²) in [6.07, 6.45) is 4.37. The molecule has 0 bridgehead atoms. The van der Waals surface area contributed by atoms with Crippen LogP contribution in [0, 0.1) is 0 Å². The summed E-state index contributed by atoms with van der Waals surface area (Å²) in [7, 11) is 1.70. The molecule has 1 aromatic heterocycles. The van der Waals surface area contributed by atoms with Gasteiger partial charge >= 0.3 is 5.97 Å². The number of nitrogens with zero attached hydrogens (tertiary/aromatic N) is 3. The van der Waals surface area contributed by atoms with Crippen LogP contribution in [0.4, 0.5) is 0 Å². The van der Waals surface area contributed by atoms with Crippen LogP contribution in [0.15, 0.2) is 41.9 Å². The molecular formula is C12H10ClN3O2. The molecule has 0 fully saturated rings. The Morgan fingerprint density at radius 1 is 1.44 bits per heavy atom. The molecule has 0 amide bonds. The Kier molecular flexibility index (Phi) is 3.74. The average Bonchev–Trinajstić information content (AvgIpc) is 2.78. The van der Waals surface area contributed by atoms with Gasteiger partial charge in [-0.1, -0.05) is 28.9 Å². The van der Waals surface area contributed by atoms with Gasteiger partial charge in [-0.15, -0.1) is 0 Å². The maximum atomic E-state index is 11.6. The van der Waals surface area contributed by atoms with Gasteiger partial charge in [-0.25, -0.2) is 9.78 Å². The van der Waals surface area contributed by atoms with Gasteiger partial charge in [0.25, 0.3) is 0 Å². The summed E-state index contributed by atoms with van der Waals surface area (Å²) in [5, 5.41) is 4.25. The van der Waals surface area contributed by atoms with Crippen molar-refractivity contribution in [2.24, 2.45) is 12.2 Å². The molecule has 6 heteroatoms. The third kappa shape index (κ3) is 2.95. The van der Waals surface area contributed by atoms with Gasteiger partial charge in [-0.05, 0) is 17.7 Å². The Morgan fingerprint density at radius 3 is 2.78 bits per heavy atom. The van der Waals surface area contributed by atoms with Crippen molar-refractivity contribution < 1.29 is 9.63 Å². The maximum Gasteiger partial charge on any atom is 0.383 e. The lowest BCUT2D eigenvalue weighted by Crippen LogP contribution is -2.06. The molecule has 0 radical (unpaired) electrons. The molecule has 0 saturated heterocycles. The smallest absolute Gasteiger partial charge is 0.328 e. The lowest BCUT2D eigenvalue weighted by molar-refractivity contribution is 0.0508. The zero-order valence-corrected chi connectivity index (χ0v) is 10.3. The van der Waals surface area contributed by atoms with E-state index in [1.165, 1.54) is 18.7 Å². The fraction of sp³-hybridized carbons (Fsp3) is 0.0833. The highest BCUT2D eigenvalue weighted by Gasteiger charge is 2.10. The van der Waals surface area contributed by atoms with E-state index in [9.17, 15) is 4.79 Å². The van der Waals surface area contributed by atoms with Crippen molar-refractivity contribution in [2.45, 2.75) is 0 Å². The van der Waals surface area contributed by atoms with Crippen LogP contribution in [0.25, 0.3) is 0 Å². The van der Waals surface area contributed by atoms with Crippen LogP contribution in [-0.4, -0.2) is 21.7 Å². The maximum absolute atomic E-state index is 11.6. The number of carbonyl (C=O) groups is 1. The molecule has 92 valence electrons. The van der Waals surface area contributed by atoms with Crippen molar-refractivity contribution in [3.63, 3.8) is 0 Å². The molecule has 1 heterocycles. The van der Waals surface area contributed by atoms with Gasteiger partial charge in [0.2, 0.25) is 0 Å². The van der Waals surface area contributed by atoms with Crippen molar-refractivity contribution in [2.75, 3.05) is 0 Å². The van der Waals surface area contributed by atoms with E-state index in [2.05, 4.69) is 10.1 Å². The van der Waals surface area contributed by atoms with Gasteiger partial charge in [-0.3, -0.25) is 0 Å². The third-order valence-corrected chi connectivity index (χ3v) is 2.49. The van der Waals surface area contributed by atoms with Crippen molar-refractivity contribution in [1.29, 1.82) is 0 Å². The van der Waals surface area contributed by atoms with Crippen LogP contribution in [0.5, 0.6) is 0 Å². The fourth-order valence-corrected chi connectivity index (χ4v) is 1.41. The normalized spacial score (nSPS) is 10.8. The van der Waals surface area contributed by atoms with Gasteiger partial charge < -0.3 is 9.40 Å². The van der Waals surface area contributed by atoms with Crippen molar-refractivity contribution in [3.8, 4) is 0 Å². The summed E-state index contributed by atoms with van der Waals surface area (Å²) in [6.45, 7) is 0. The molecule has 2 rings (SSSR count). The van der Waals surface area contributed by atoms with Gasteiger partial charge in [0.15, 0.2) is 0 Å². The SMILES string of the molecule is Cn1cncc1C(=O)ON=Cc1ccc(Cl)cc1. The minimum Gasteiger partial charge on any atom is -0.328 e. The van der Waals surface area contributed by atoms with Crippen LogP contribution in [0.1, 0.15) is 16.1 Å². The first-order valence-corrected chi connectivity index (χ1v) is 5.51. The van der Waals surface area contributed by atoms with E-state index in [1.807, 2.05) is 0 Å². The summed E-state index contributed by atoms with van der Waals surface area (Å²) >= 11 is 5.74. The minimum absolute atomic E-state index is 0.336. The molecular weight excluding hydrogens is 254 g/mol. The van der Waals surface area contributed by atoms with Gasteiger partial charge in [0.1, 0.15) is 5.69 Å². The van der Waals surface area contributed by atoms with Crippen molar-refractivity contribution in [1.82, 2.24) is 9.55 Å². The highest BCUT2D eigenvalue weighted by Crippen LogP contribution is 2.08. The van der Waals surface area contributed by atoms with E-state index >= 15 is 0 Å². The average molecular weight is 264 g/mol. The Bertz CT molecular complexity index is 575. The Balaban J connectivity index is 1.98. The largest absolute Gasteiger partial charge is 0.383 e. The lowest BCUT2D eigenvalue weighted by Gasteiger charge is -1.98. The van der Waals surface area contributed by atoms with Crippen molar-refractivity contribution >= 4 is 23.8 Å². The van der Waals surface area contributed by atoms with Crippen LogP contribution >= 0.6 is 11.6 Å². The van der Waals surface area contributed by atoms with Crippen LogP contribution < -0.4 is 0 Å². The number of hydrogen-bond acceptors (Lipinski definition) is 4. The highest BCUT2D eigenvalue weighted by atomic mass is 35.5. The molecule has 2 aromatic rings. The lowest BCUT2D eigenvalue weighted by atomic mass is 10.2. The third-order valence-electron chi connectivity index (χ3n) is 2.23. The Labute approximate surface area is 109 Å². The van der Waals surface area contributed by atoms with Gasteiger partial charge in [-0.2, -0.15) is 0 Å². The molecule has 5 nitrogen and oxygen atoms in total. The first-order valence-electron chi connectivity index (χ1n) is 5.13. The topological polar surface area (TPSA) is 56.5 Å². The number of oxime groups is 1. The standard InChI is InChI=1S/C12H10ClN3O2/c1-16-8-14-7-11(16)12(17)18-15-6-9-2-4-10(13)5-3-9/h2-8H,1H3. The van der Waals surface area contributed by atoms with Crippen LogP contribution in [0.3, 0.4) is 0 Å². The first-order chi connectivity index (χ1) is 8.66. The number of rotatable bonds is 3. The van der Waals surface area contributed by atoms with Crippen LogP contribution in [-0.2, 0) is 11.9 Å². The zero-order chi connectivity index (χ0) is 13.0. The number of hydrogen-bond donors (Lipinski definition) is 0. The van der Waals surface area contributed by atoms with Gasteiger partial charge in [0, 0.05) is 12.1 Å². The number of aryl methyl sites for hydroxylation is 1. The molecule has 0 spiro atoms. The fourth-order valence-electron chi connectivity index (χ4n) is 1.28. The van der Waals surface area contributed by atoms with Gasteiger partial charge in [0.05, 0.1) is 18.7 Å². The summed E-state index contributed by atoms with van der Waals surface area (Å²) in [4.78, 5) is 20.1. The number of imidazole rings is 1. The van der Waals surface area contributed by atoms with Crippen LogP contribution in [0.2, 0.25) is 5.02 Å². The number of aromatic nitrogens is 2. The zero-order valence-electron chi connectivity index (χ0n) is 9.58. The molecule has 0 N–H and O–H groups in total. The van der Waals surface area contributed by atoms with Crippen molar-refractivity contribution in [3.05, 3.63) is 53.1 Å². The molecule has 0 saturated carbocycles. The minimum atomic E-state index is -0.555. The highest BCUT2D eigenvalue weighted by molar-refractivity contribution is 6.30. The number of halogens is 1. The first kappa shape index (κ1) is 12.3. The second-order valence-corrected chi connectivity index (χ2v) is 3.99. The summed E-state index contributed by atoms with van der Waals surface area (Å²) in [5.74, 6) is -0.555. The van der Waals surface area contributed by atoms with E-state index in [0.717, 1.165) is 5.56 Å². The monoisotopic (exact) mass is 263 g/mol. The summed E-state index contributed by atoms with van der Waals surface area (Å²) < 4.78 is 1.56. The van der Waals surface area contributed by atoms with E-state index in [4.69, 9.17) is 16.4 Å². The molecule has 0 aliphatic carbocycles. The molecule has 0 unspecified atom stereocenters. The molecule has 0 atom stereocenters. The predicted octanol–water partition coefficient (Wildman–Crippen LogP) is 2.26. The second kappa shape index (κ2) is 5.46. The second-order valence-electron chi connectivity index (χ2n) is 3.55. The molecule has 1 aromatic carbocycles. The van der Waals surface area contributed by atoms with E-state index in [0.29, 0.717) is 10.7 Å². The Hall–Kier alpha value is -2.14.